The van der Waals surface area contributed by atoms with Crippen molar-refractivity contribution in [3.8, 4) is 5.75 Å². The molecule has 0 aromatic heterocycles. The fraction of sp³-hybridized carbons (Fsp3) is 0.167. The normalized spacial score (nSPS) is 18.0. The highest BCUT2D eigenvalue weighted by Crippen LogP contribution is 2.37. The second kappa shape index (κ2) is 8.61. The van der Waals surface area contributed by atoms with Crippen LogP contribution in [0.2, 0.25) is 15.1 Å². The van der Waals surface area contributed by atoms with E-state index in [0.717, 1.165) is 0 Å². The van der Waals surface area contributed by atoms with Crippen LogP contribution in [0.3, 0.4) is 0 Å². The molecule has 1 aliphatic heterocycles. The summed E-state index contributed by atoms with van der Waals surface area (Å²) in [5.74, 6) is -0.753. The van der Waals surface area contributed by atoms with Crippen molar-refractivity contribution in [3.63, 3.8) is 0 Å². The van der Waals surface area contributed by atoms with Gasteiger partial charge in [0.2, 0.25) is 11.8 Å². The van der Waals surface area contributed by atoms with E-state index in [1.165, 1.54) is 28.8 Å². The van der Waals surface area contributed by atoms with Gasteiger partial charge in [0.25, 0.3) is 0 Å². The van der Waals surface area contributed by atoms with Crippen molar-refractivity contribution in [1.29, 1.82) is 0 Å². The molecule has 3 rings (SSSR count). The number of hydrogen-bond donors (Lipinski definition) is 2. The number of carbonyl (C=O) groups is 2. The molecule has 0 aliphatic carbocycles. The van der Waals surface area contributed by atoms with Crippen LogP contribution in [0.5, 0.6) is 5.75 Å². The van der Waals surface area contributed by atoms with E-state index in [-0.39, 0.29) is 34.0 Å². The van der Waals surface area contributed by atoms with Gasteiger partial charge in [0.1, 0.15) is 5.25 Å². The number of anilines is 1. The van der Waals surface area contributed by atoms with Crippen LogP contribution in [0, 0.1) is 0 Å². The number of aromatic hydroxyl groups is 1. The van der Waals surface area contributed by atoms with E-state index >= 15 is 0 Å². The predicted octanol–water partition coefficient (Wildman–Crippen LogP) is 4.94. The minimum absolute atomic E-state index is 0.00736. The zero-order valence-electron chi connectivity index (χ0n) is 14.4. The van der Waals surface area contributed by atoms with E-state index in [2.05, 4.69) is 10.3 Å². The van der Waals surface area contributed by atoms with Crippen molar-refractivity contribution in [3.05, 3.63) is 51.5 Å². The van der Waals surface area contributed by atoms with Crippen LogP contribution in [-0.2, 0) is 9.59 Å². The minimum atomic E-state index is -0.598. The molecular formula is C18H14Cl3N3O3S. The minimum Gasteiger partial charge on any atom is -0.505 e. The summed E-state index contributed by atoms with van der Waals surface area (Å²) in [4.78, 5) is 30.5. The number of hydrogen-bond acceptors (Lipinski definition) is 5. The number of nitrogens with zero attached hydrogens (tertiary/aromatic N) is 2. The molecule has 1 heterocycles. The number of amidine groups is 1. The fourth-order valence-corrected chi connectivity index (χ4v) is 4.19. The largest absolute Gasteiger partial charge is 0.505 e. The molecule has 2 N–H and O–H groups in total. The van der Waals surface area contributed by atoms with Crippen molar-refractivity contribution in [2.75, 3.05) is 12.4 Å². The number of thioether (sulfide) groups is 1. The number of aliphatic imine (C=N–C) groups is 1. The number of phenols is 1. The van der Waals surface area contributed by atoms with E-state index in [1.54, 1.807) is 31.3 Å². The lowest BCUT2D eigenvalue weighted by Crippen LogP contribution is -2.30. The Labute approximate surface area is 180 Å². The van der Waals surface area contributed by atoms with Gasteiger partial charge in [0.15, 0.2) is 10.9 Å². The summed E-state index contributed by atoms with van der Waals surface area (Å²) in [6.07, 6.45) is -0.00736. The Bertz CT molecular complexity index is 943. The van der Waals surface area contributed by atoms with Crippen molar-refractivity contribution in [2.24, 2.45) is 4.99 Å². The van der Waals surface area contributed by atoms with Crippen molar-refractivity contribution in [1.82, 2.24) is 4.90 Å². The van der Waals surface area contributed by atoms with Gasteiger partial charge < -0.3 is 10.4 Å². The fourth-order valence-electron chi connectivity index (χ4n) is 2.44. The summed E-state index contributed by atoms with van der Waals surface area (Å²) in [6, 6.07) is 9.57. The number of carbonyl (C=O) groups excluding carboxylic acids is 2. The Morgan fingerprint density at radius 2 is 1.82 bits per heavy atom. The number of halogens is 3. The first-order valence-corrected chi connectivity index (χ1v) is 10.0. The molecule has 1 atom stereocenters. The summed E-state index contributed by atoms with van der Waals surface area (Å²) in [5, 5.41) is 12.9. The lowest BCUT2D eigenvalue weighted by atomic mass is 10.2. The van der Waals surface area contributed by atoms with Crippen molar-refractivity contribution in [2.45, 2.75) is 11.7 Å². The maximum absolute atomic E-state index is 12.5. The summed E-state index contributed by atoms with van der Waals surface area (Å²) < 4.78 is 0. The Morgan fingerprint density at radius 1 is 1.21 bits per heavy atom. The highest BCUT2D eigenvalue weighted by atomic mass is 35.5. The lowest BCUT2D eigenvalue weighted by Gasteiger charge is -2.09. The van der Waals surface area contributed by atoms with Crippen molar-refractivity contribution >= 4 is 74.9 Å². The highest BCUT2D eigenvalue weighted by Gasteiger charge is 2.37. The van der Waals surface area contributed by atoms with Gasteiger partial charge in [-0.1, -0.05) is 46.6 Å². The molecule has 1 fully saturated rings. The molecule has 0 spiro atoms. The Balaban J connectivity index is 1.70. The van der Waals surface area contributed by atoms with Crippen LogP contribution in [0.4, 0.5) is 11.4 Å². The molecule has 2 aromatic carbocycles. The summed E-state index contributed by atoms with van der Waals surface area (Å²) >= 11 is 18.8. The van der Waals surface area contributed by atoms with Gasteiger partial charge in [0.05, 0.1) is 15.7 Å². The van der Waals surface area contributed by atoms with Crippen LogP contribution >= 0.6 is 46.6 Å². The first-order valence-electron chi connectivity index (χ1n) is 8.01. The van der Waals surface area contributed by atoms with E-state index < -0.39 is 5.25 Å². The van der Waals surface area contributed by atoms with Crippen LogP contribution in [-0.4, -0.2) is 39.3 Å². The molecule has 28 heavy (non-hydrogen) atoms. The molecule has 0 radical (unpaired) electrons. The van der Waals surface area contributed by atoms with Crippen LogP contribution in [0.25, 0.3) is 0 Å². The number of benzene rings is 2. The molecule has 0 saturated carbocycles. The molecule has 10 heteroatoms. The highest BCUT2D eigenvalue weighted by molar-refractivity contribution is 8.15. The Hall–Kier alpha value is -1.93. The molecular weight excluding hydrogens is 445 g/mol. The summed E-state index contributed by atoms with van der Waals surface area (Å²) in [7, 11) is 1.58. The second-order valence-electron chi connectivity index (χ2n) is 5.92. The second-order valence-corrected chi connectivity index (χ2v) is 8.34. The third-order valence-corrected chi connectivity index (χ3v) is 5.92. The van der Waals surface area contributed by atoms with Crippen molar-refractivity contribution < 1.29 is 14.7 Å². The topological polar surface area (TPSA) is 82.0 Å². The Morgan fingerprint density at radius 3 is 2.43 bits per heavy atom. The quantitative estimate of drug-likeness (QED) is 0.680. The molecule has 1 saturated heterocycles. The standard InChI is InChI=1S/C18H14Cl3N3O3S/c1-24-17(27)14(8-15(25)22-10-4-2-9(19)3-5-10)28-18(24)23-11-6-12(20)16(26)13(21)7-11/h2-7,14,26H,8H2,1H3,(H,22,25). The van der Waals surface area contributed by atoms with Crippen LogP contribution in [0.15, 0.2) is 41.4 Å². The van der Waals surface area contributed by atoms with E-state index in [1.807, 2.05) is 0 Å². The number of phenolic OH excluding ortho intramolecular Hbond substituents is 1. The van der Waals surface area contributed by atoms with E-state index in [4.69, 9.17) is 34.8 Å². The SMILES string of the molecule is CN1C(=O)C(CC(=O)Nc2ccc(Cl)cc2)SC1=Nc1cc(Cl)c(O)c(Cl)c1. The summed E-state index contributed by atoms with van der Waals surface area (Å²) in [5.41, 5.74) is 0.988. The zero-order chi connectivity index (χ0) is 20.4. The lowest BCUT2D eigenvalue weighted by molar-refractivity contribution is -0.127. The number of rotatable bonds is 4. The molecule has 146 valence electrons. The Kier molecular flexibility index (Phi) is 6.40. The molecule has 6 nitrogen and oxygen atoms in total. The molecule has 1 aliphatic rings. The molecule has 0 bridgehead atoms. The maximum Gasteiger partial charge on any atom is 0.242 e. The van der Waals surface area contributed by atoms with Gasteiger partial charge in [-0.05, 0) is 36.4 Å². The van der Waals surface area contributed by atoms with Crippen LogP contribution < -0.4 is 5.32 Å². The van der Waals surface area contributed by atoms with Gasteiger partial charge in [-0.25, -0.2) is 4.99 Å². The average molecular weight is 459 g/mol. The zero-order valence-corrected chi connectivity index (χ0v) is 17.5. The first-order chi connectivity index (χ1) is 13.2. The molecule has 2 aromatic rings. The van der Waals surface area contributed by atoms with Gasteiger partial charge >= 0.3 is 0 Å². The van der Waals surface area contributed by atoms with E-state index in [0.29, 0.717) is 21.6 Å². The molecule has 1 unspecified atom stereocenters. The smallest absolute Gasteiger partial charge is 0.242 e. The van der Waals surface area contributed by atoms with Gasteiger partial charge in [0, 0.05) is 24.2 Å². The summed E-state index contributed by atoms with van der Waals surface area (Å²) in [6.45, 7) is 0. The monoisotopic (exact) mass is 457 g/mol. The first kappa shape index (κ1) is 20.8. The van der Waals surface area contributed by atoms with Gasteiger partial charge in [-0.2, -0.15) is 0 Å². The predicted molar refractivity (Wildman–Crippen MR) is 114 cm³/mol. The van der Waals surface area contributed by atoms with Gasteiger partial charge in [-0.15, -0.1) is 0 Å². The average Bonchev–Trinajstić information content (AvgIpc) is 2.89. The van der Waals surface area contributed by atoms with Gasteiger partial charge in [-0.3, -0.25) is 14.5 Å². The van der Waals surface area contributed by atoms with E-state index in [9.17, 15) is 14.7 Å². The number of nitrogens with one attached hydrogen (secondary N) is 1. The maximum atomic E-state index is 12.5. The molecule has 2 amide bonds. The number of amides is 2. The third kappa shape index (κ3) is 4.72. The third-order valence-electron chi connectivity index (χ3n) is 3.87. The van der Waals surface area contributed by atoms with Crippen LogP contribution in [0.1, 0.15) is 6.42 Å².